The number of halogens is 2. The SMILES string of the molecule is O=C(O)c1cc(-c2ccccc2F)nc2ccc(Br)cc12. The van der Waals surface area contributed by atoms with Gasteiger partial charge in [-0.25, -0.2) is 14.2 Å². The number of aromatic carboxylic acids is 1. The molecule has 21 heavy (non-hydrogen) atoms. The van der Waals surface area contributed by atoms with Crippen molar-refractivity contribution in [1.29, 1.82) is 0 Å². The van der Waals surface area contributed by atoms with E-state index in [1.807, 2.05) is 0 Å². The Kier molecular flexibility index (Phi) is 3.43. The van der Waals surface area contributed by atoms with Crippen LogP contribution in [-0.2, 0) is 0 Å². The van der Waals surface area contributed by atoms with Crippen LogP contribution in [0.15, 0.2) is 53.0 Å². The highest BCUT2D eigenvalue weighted by atomic mass is 79.9. The molecule has 3 aromatic rings. The third-order valence-electron chi connectivity index (χ3n) is 3.15. The van der Waals surface area contributed by atoms with Crippen molar-refractivity contribution in [3.8, 4) is 11.3 Å². The minimum absolute atomic E-state index is 0.0968. The van der Waals surface area contributed by atoms with Gasteiger partial charge in [0.15, 0.2) is 0 Å². The lowest BCUT2D eigenvalue weighted by Crippen LogP contribution is -2.01. The molecule has 104 valence electrons. The minimum atomic E-state index is -1.07. The highest BCUT2D eigenvalue weighted by Crippen LogP contribution is 2.28. The van der Waals surface area contributed by atoms with Gasteiger partial charge in [-0.3, -0.25) is 0 Å². The molecule has 0 amide bonds. The van der Waals surface area contributed by atoms with Crippen molar-refractivity contribution in [3.05, 3.63) is 64.4 Å². The molecule has 1 heterocycles. The van der Waals surface area contributed by atoms with Crippen LogP contribution in [-0.4, -0.2) is 16.1 Å². The summed E-state index contributed by atoms with van der Waals surface area (Å²) in [7, 11) is 0. The van der Waals surface area contributed by atoms with Gasteiger partial charge in [0, 0.05) is 15.4 Å². The van der Waals surface area contributed by atoms with Gasteiger partial charge in [0.25, 0.3) is 0 Å². The molecule has 0 fully saturated rings. The summed E-state index contributed by atoms with van der Waals surface area (Å²) in [5.41, 5.74) is 1.20. The van der Waals surface area contributed by atoms with Crippen LogP contribution in [0, 0.1) is 5.82 Å². The number of carboxylic acids is 1. The second-order valence-electron chi connectivity index (χ2n) is 4.50. The summed E-state index contributed by atoms with van der Waals surface area (Å²) in [5, 5.41) is 9.89. The molecule has 0 radical (unpaired) electrons. The summed E-state index contributed by atoms with van der Waals surface area (Å²) in [6.07, 6.45) is 0. The Labute approximate surface area is 128 Å². The third kappa shape index (κ3) is 2.52. The Hall–Kier alpha value is -2.27. The second kappa shape index (κ2) is 5.26. The van der Waals surface area contributed by atoms with Crippen molar-refractivity contribution < 1.29 is 14.3 Å². The predicted octanol–water partition coefficient (Wildman–Crippen LogP) is 4.50. The van der Waals surface area contributed by atoms with E-state index in [1.54, 1.807) is 36.4 Å². The molecule has 1 N–H and O–H groups in total. The van der Waals surface area contributed by atoms with E-state index in [2.05, 4.69) is 20.9 Å². The zero-order chi connectivity index (χ0) is 15.0. The normalized spacial score (nSPS) is 10.8. The third-order valence-corrected chi connectivity index (χ3v) is 3.64. The van der Waals surface area contributed by atoms with Crippen LogP contribution in [0.3, 0.4) is 0 Å². The van der Waals surface area contributed by atoms with Crippen LogP contribution in [0.2, 0.25) is 0 Å². The van der Waals surface area contributed by atoms with Gasteiger partial charge >= 0.3 is 5.97 Å². The van der Waals surface area contributed by atoms with Crippen molar-refractivity contribution in [1.82, 2.24) is 4.98 Å². The molecule has 0 unspecified atom stereocenters. The number of hydrogen-bond acceptors (Lipinski definition) is 2. The molecular formula is C16H9BrFNO2. The summed E-state index contributed by atoms with van der Waals surface area (Å²) in [5.74, 6) is -1.50. The molecule has 1 aromatic heterocycles. The molecule has 5 heteroatoms. The largest absolute Gasteiger partial charge is 0.478 e. The van der Waals surface area contributed by atoms with Crippen molar-refractivity contribution in [3.63, 3.8) is 0 Å². The van der Waals surface area contributed by atoms with E-state index in [9.17, 15) is 14.3 Å². The molecule has 0 aliphatic heterocycles. The average molecular weight is 346 g/mol. The first-order chi connectivity index (χ1) is 10.1. The number of carboxylic acid groups (broad SMARTS) is 1. The topological polar surface area (TPSA) is 50.2 Å². The smallest absolute Gasteiger partial charge is 0.336 e. The van der Waals surface area contributed by atoms with Crippen LogP contribution in [0.25, 0.3) is 22.2 Å². The van der Waals surface area contributed by atoms with Crippen LogP contribution < -0.4 is 0 Å². The molecule has 0 aliphatic carbocycles. The first-order valence-electron chi connectivity index (χ1n) is 6.15. The van der Waals surface area contributed by atoms with Crippen molar-refractivity contribution in [2.75, 3.05) is 0 Å². The fraction of sp³-hybridized carbons (Fsp3) is 0. The molecular weight excluding hydrogens is 337 g/mol. The molecule has 3 nitrogen and oxygen atoms in total. The molecule has 0 saturated carbocycles. The van der Waals surface area contributed by atoms with Gasteiger partial charge in [-0.2, -0.15) is 0 Å². The quantitative estimate of drug-likeness (QED) is 0.743. The Morgan fingerprint density at radius 3 is 2.62 bits per heavy atom. The van der Waals surface area contributed by atoms with Gasteiger partial charge in [0.2, 0.25) is 0 Å². The zero-order valence-corrected chi connectivity index (χ0v) is 12.3. The molecule has 0 spiro atoms. The Balaban J connectivity index is 2.34. The molecule has 0 bridgehead atoms. The van der Waals surface area contributed by atoms with Crippen molar-refractivity contribution >= 4 is 32.8 Å². The fourth-order valence-corrected chi connectivity index (χ4v) is 2.54. The van der Waals surface area contributed by atoms with E-state index in [1.165, 1.54) is 12.1 Å². The van der Waals surface area contributed by atoms with Gasteiger partial charge in [0.05, 0.1) is 16.8 Å². The Bertz CT molecular complexity index is 864. The molecule has 2 aromatic carbocycles. The lowest BCUT2D eigenvalue weighted by Gasteiger charge is -2.08. The van der Waals surface area contributed by atoms with Crippen LogP contribution in [0.5, 0.6) is 0 Å². The van der Waals surface area contributed by atoms with Gasteiger partial charge in [-0.05, 0) is 36.4 Å². The van der Waals surface area contributed by atoms with E-state index in [4.69, 9.17) is 0 Å². The number of pyridine rings is 1. The summed E-state index contributed by atoms with van der Waals surface area (Å²) in [6.45, 7) is 0. The number of benzene rings is 2. The summed E-state index contributed by atoms with van der Waals surface area (Å²) >= 11 is 3.31. The van der Waals surface area contributed by atoms with Crippen molar-refractivity contribution in [2.45, 2.75) is 0 Å². The average Bonchev–Trinajstić information content (AvgIpc) is 2.46. The van der Waals surface area contributed by atoms with E-state index >= 15 is 0 Å². The monoisotopic (exact) mass is 345 g/mol. The number of nitrogens with zero attached hydrogens (tertiary/aromatic N) is 1. The molecule has 0 atom stereocenters. The van der Waals surface area contributed by atoms with Crippen LogP contribution in [0.1, 0.15) is 10.4 Å². The van der Waals surface area contributed by atoms with E-state index in [0.717, 1.165) is 4.47 Å². The Morgan fingerprint density at radius 2 is 1.90 bits per heavy atom. The summed E-state index contributed by atoms with van der Waals surface area (Å²) in [6, 6.07) is 12.7. The van der Waals surface area contributed by atoms with Gasteiger partial charge in [0.1, 0.15) is 5.82 Å². The van der Waals surface area contributed by atoms with E-state index in [0.29, 0.717) is 16.6 Å². The number of fused-ring (bicyclic) bond motifs is 1. The predicted molar refractivity (Wildman–Crippen MR) is 81.8 cm³/mol. The molecule has 3 rings (SSSR count). The standard InChI is InChI=1S/C16H9BrFNO2/c17-9-5-6-14-11(7-9)12(16(20)21)8-15(19-14)10-3-1-2-4-13(10)18/h1-8H,(H,20,21). The number of carbonyl (C=O) groups is 1. The second-order valence-corrected chi connectivity index (χ2v) is 5.42. The maximum Gasteiger partial charge on any atom is 0.336 e. The number of rotatable bonds is 2. The van der Waals surface area contributed by atoms with Gasteiger partial charge in [-0.1, -0.05) is 28.1 Å². The Morgan fingerprint density at radius 1 is 1.14 bits per heavy atom. The minimum Gasteiger partial charge on any atom is -0.478 e. The maximum atomic E-state index is 13.9. The fourth-order valence-electron chi connectivity index (χ4n) is 2.18. The van der Waals surface area contributed by atoms with E-state index < -0.39 is 11.8 Å². The summed E-state index contributed by atoms with van der Waals surface area (Å²) < 4.78 is 14.6. The summed E-state index contributed by atoms with van der Waals surface area (Å²) in [4.78, 5) is 15.8. The van der Waals surface area contributed by atoms with Gasteiger partial charge < -0.3 is 5.11 Å². The van der Waals surface area contributed by atoms with Crippen LogP contribution >= 0.6 is 15.9 Å². The maximum absolute atomic E-state index is 13.9. The van der Waals surface area contributed by atoms with Crippen molar-refractivity contribution in [2.24, 2.45) is 0 Å². The first kappa shape index (κ1) is 13.7. The molecule has 0 aliphatic rings. The lowest BCUT2D eigenvalue weighted by atomic mass is 10.0. The zero-order valence-electron chi connectivity index (χ0n) is 10.7. The lowest BCUT2D eigenvalue weighted by molar-refractivity contribution is 0.0699. The highest BCUT2D eigenvalue weighted by Gasteiger charge is 2.15. The van der Waals surface area contributed by atoms with E-state index in [-0.39, 0.29) is 11.1 Å². The van der Waals surface area contributed by atoms with Crippen LogP contribution in [0.4, 0.5) is 4.39 Å². The molecule has 0 saturated heterocycles. The first-order valence-corrected chi connectivity index (χ1v) is 6.94. The number of hydrogen-bond donors (Lipinski definition) is 1. The highest BCUT2D eigenvalue weighted by molar-refractivity contribution is 9.10. The number of aromatic nitrogens is 1. The van der Waals surface area contributed by atoms with Gasteiger partial charge in [-0.15, -0.1) is 0 Å².